The number of fused-ring (bicyclic) bond motifs is 1. The first-order valence-electron chi connectivity index (χ1n) is 11.3. The summed E-state index contributed by atoms with van der Waals surface area (Å²) in [5.41, 5.74) is 5.25. The van der Waals surface area contributed by atoms with E-state index in [4.69, 9.17) is 11.6 Å². The maximum absolute atomic E-state index is 12.9. The van der Waals surface area contributed by atoms with Crippen molar-refractivity contribution < 1.29 is 9.90 Å². The van der Waals surface area contributed by atoms with Gasteiger partial charge in [-0.25, -0.2) is 9.97 Å². The van der Waals surface area contributed by atoms with E-state index in [2.05, 4.69) is 19.9 Å². The summed E-state index contributed by atoms with van der Waals surface area (Å²) < 4.78 is 0. The molecule has 0 radical (unpaired) electrons. The zero-order chi connectivity index (χ0) is 23.8. The molecule has 0 spiro atoms. The number of nitrogens with one attached hydrogen (secondary N) is 1. The fourth-order valence-electron chi connectivity index (χ4n) is 4.35. The van der Waals surface area contributed by atoms with E-state index in [-0.39, 0.29) is 5.91 Å². The van der Waals surface area contributed by atoms with Crippen molar-refractivity contribution in [2.75, 3.05) is 31.1 Å². The van der Waals surface area contributed by atoms with Crippen LogP contribution in [0.5, 0.6) is 0 Å². The third kappa shape index (κ3) is 4.36. The van der Waals surface area contributed by atoms with Gasteiger partial charge in [0.25, 0.3) is 5.91 Å². The van der Waals surface area contributed by atoms with Gasteiger partial charge < -0.3 is 19.9 Å². The second-order valence-corrected chi connectivity index (χ2v) is 9.16. The van der Waals surface area contributed by atoms with E-state index < -0.39 is 6.10 Å². The molecule has 0 bridgehead atoms. The number of H-pyrrole nitrogens is 1. The molecule has 8 heteroatoms. The highest BCUT2D eigenvalue weighted by molar-refractivity contribution is 6.31. The molecule has 7 nitrogen and oxygen atoms in total. The van der Waals surface area contributed by atoms with Crippen molar-refractivity contribution in [2.24, 2.45) is 0 Å². The number of pyridine rings is 1. The van der Waals surface area contributed by atoms with Crippen LogP contribution < -0.4 is 4.90 Å². The first-order chi connectivity index (χ1) is 16.4. The number of halogens is 1. The molecule has 174 valence electrons. The number of rotatable bonds is 4. The second kappa shape index (κ2) is 9.08. The number of imidazole rings is 1. The van der Waals surface area contributed by atoms with Gasteiger partial charge in [0.1, 0.15) is 11.6 Å². The molecular formula is C26H26ClN5O2. The predicted octanol–water partition coefficient (Wildman–Crippen LogP) is 4.28. The van der Waals surface area contributed by atoms with E-state index in [1.54, 1.807) is 11.1 Å². The van der Waals surface area contributed by atoms with Crippen LogP contribution in [0.25, 0.3) is 22.4 Å². The summed E-state index contributed by atoms with van der Waals surface area (Å²) >= 11 is 6.07. The van der Waals surface area contributed by atoms with Crippen molar-refractivity contribution in [3.8, 4) is 11.4 Å². The van der Waals surface area contributed by atoms with Crippen molar-refractivity contribution in [3.63, 3.8) is 0 Å². The maximum Gasteiger partial charge on any atom is 0.256 e. The van der Waals surface area contributed by atoms with E-state index in [9.17, 15) is 9.90 Å². The summed E-state index contributed by atoms with van der Waals surface area (Å²) in [4.78, 5) is 29.3. The highest BCUT2D eigenvalue weighted by atomic mass is 35.5. The second-order valence-electron chi connectivity index (χ2n) is 8.73. The topological polar surface area (TPSA) is 85.4 Å². The lowest BCUT2D eigenvalue weighted by Crippen LogP contribution is -2.50. The zero-order valence-corrected chi connectivity index (χ0v) is 19.9. The molecule has 1 unspecified atom stereocenters. The number of carbonyl (C=O) groups excluding carboxylic acids is 1. The molecule has 2 N–H and O–H groups in total. The van der Waals surface area contributed by atoms with Crippen molar-refractivity contribution in [1.82, 2.24) is 19.9 Å². The van der Waals surface area contributed by atoms with E-state index in [0.29, 0.717) is 36.8 Å². The lowest BCUT2D eigenvalue weighted by molar-refractivity contribution is -0.140. The first-order valence-corrected chi connectivity index (χ1v) is 11.7. The minimum absolute atomic E-state index is 0.248. The number of aliphatic hydroxyl groups excluding tert-OH is 1. The number of aromatic nitrogens is 3. The van der Waals surface area contributed by atoms with Crippen molar-refractivity contribution >= 4 is 34.4 Å². The molecule has 34 heavy (non-hydrogen) atoms. The molecule has 1 aliphatic heterocycles. The third-order valence-corrected chi connectivity index (χ3v) is 6.58. The Kier molecular flexibility index (Phi) is 5.98. The number of carbonyl (C=O) groups is 1. The Balaban J connectivity index is 1.24. The minimum atomic E-state index is -1.14. The summed E-state index contributed by atoms with van der Waals surface area (Å²) in [5.74, 6) is 1.35. The van der Waals surface area contributed by atoms with Gasteiger partial charge >= 0.3 is 0 Å². The van der Waals surface area contributed by atoms with E-state index >= 15 is 0 Å². The lowest BCUT2D eigenvalue weighted by atomic mass is 10.00. The van der Waals surface area contributed by atoms with Gasteiger partial charge in [-0.3, -0.25) is 4.79 Å². The zero-order valence-electron chi connectivity index (χ0n) is 19.1. The number of anilines is 1. The van der Waals surface area contributed by atoms with Gasteiger partial charge in [0.15, 0.2) is 6.10 Å². The monoisotopic (exact) mass is 475 g/mol. The van der Waals surface area contributed by atoms with Crippen molar-refractivity contribution in [1.29, 1.82) is 0 Å². The molecule has 1 saturated heterocycles. The van der Waals surface area contributed by atoms with Crippen LogP contribution in [0.1, 0.15) is 22.8 Å². The Morgan fingerprint density at radius 3 is 2.59 bits per heavy atom. The van der Waals surface area contributed by atoms with Crippen LogP contribution in [0.2, 0.25) is 5.02 Å². The van der Waals surface area contributed by atoms with E-state index in [1.807, 2.05) is 62.4 Å². The molecule has 3 heterocycles. The highest BCUT2D eigenvalue weighted by Gasteiger charge is 2.28. The van der Waals surface area contributed by atoms with Crippen LogP contribution in [0.3, 0.4) is 0 Å². The van der Waals surface area contributed by atoms with Gasteiger partial charge in [-0.2, -0.15) is 0 Å². The van der Waals surface area contributed by atoms with Gasteiger partial charge in [0, 0.05) is 43.0 Å². The summed E-state index contributed by atoms with van der Waals surface area (Å²) in [6, 6.07) is 15.3. The molecule has 1 amide bonds. The molecular weight excluding hydrogens is 450 g/mol. The Morgan fingerprint density at radius 2 is 1.85 bits per heavy atom. The Morgan fingerprint density at radius 1 is 1.06 bits per heavy atom. The average molecular weight is 476 g/mol. The summed E-state index contributed by atoms with van der Waals surface area (Å²) in [7, 11) is 0. The number of hydrogen-bond donors (Lipinski definition) is 2. The smallest absolute Gasteiger partial charge is 0.256 e. The molecule has 2 aromatic heterocycles. The van der Waals surface area contributed by atoms with Crippen LogP contribution >= 0.6 is 11.6 Å². The maximum atomic E-state index is 12.9. The fourth-order valence-corrected chi connectivity index (χ4v) is 4.52. The average Bonchev–Trinajstić information content (AvgIpc) is 3.28. The molecule has 2 aromatic carbocycles. The van der Waals surface area contributed by atoms with Gasteiger partial charge in [-0.05, 0) is 55.3 Å². The first kappa shape index (κ1) is 22.4. The summed E-state index contributed by atoms with van der Waals surface area (Å²) in [5, 5.41) is 11.4. The van der Waals surface area contributed by atoms with Crippen molar-refractivity contribution in [2.45, 2.75) is 20.0 Å². The minimum Gasteiger partial charge on any atom is -0.378 e. The normalized spacial score (nSPS) is 15.1. The SMILES string of the molecule is Cc1ccc(C)c(C(O)C(=O)N2CCN(c3ccc(-c4nc5ccc(Cl)cc5[nH]4)cn3)CC2)c1. The fraction of sp³-hybridized carbons (Fsp3) is 0.269. The molecule has 0 saturated carbocycles. The number of nitrogens with zero attached hydrogens (tertiary/aromatic N) is 4. The Labute approximate surface area is 203 Å². The lowest BCUT2D eigenvalue weighted by Gasteiger charge is -2.36. The highest BCUT2D eigenvalue weighted by Crippen LogP contribution is 2.25. The molecule has 1 aliphatic rings. The number of benzene rings is 2. The number of aromatic amines is 1. The number of hydrogen-bond acceptors (Lipinski definition) is 5. The summed E-state index contributed by atoms with van der Waals surface area (Å²) in [6.45, 7) is 6.25. The van der Waals surface area contributed by atoms with Crippen LogP contribution in [0.15, 0.2) is 54.7 Å². The number of amides is 1. The molecule has 1 atom stereocenters. The van der Waals surface area contributed by atoms with Crippen LogP contribution in [0, 0.1) is 13.8 Å². The quantitative estimate of drug-likeness (QED) is 0.460. The molecule has 4 aromatic rings. The van der Waals surface area contributed by atoms with Gasteiger partial charge in [0.05, 0.1) is 11.0 Å². The number of aliphatic hydroxyl groups is 1. The molecule has 1 fully saturated rings. The van der Waals surface area contributed by atoms with Gasteiger partial charge in [-0.1, -0.05) is 35.4 Å². The van der Waals surface area contributed by atoms with Crippen molar-refractivity contribution in [3.05, 3.63) is 76.4 Å². The predicted molar refractivity (Wildman–Crippen MR) is 134 cm³/mol. The van der Waals surface area contributed by atoms with E-state index in [1.165, 1.54) is 0 Å². The Hall–Kier alpha value is -3.42. The van der Waals surface area contributed by atoms with Crippen LogP contribution in [-0.2, 0) is 4.79 Å². The Bertz CT molecular complexity index is 1340. The largest absolute Gasteiger partial charge is 0.378 e. The van der Waals surface area contributed by atoms with Crippen LogP contribution in [0.4, 0.5) is 5.82 Å². The molecule has 5 rings (SSSR count). The standard InChI is InChI=1S/C26H26ClN5O2/c1-16-3-4-17(2)20(13-16)24(33)26(34)32-11-9-31(10-12-32)23-8-5-18(15-28-23)25-29-21-7-6-19(27)14-22(21)30-25/h3-8,13-15,24,33H,9-12H2,1-2H3,(H,29,30). The van der Waals surface area contributed by atoms with Crippen LogP contribution in [-0.4, -0.2) is 57.0 Å². The van der Waals surface area contributed by atoms with E-state index in [0.717, 1.165) is 39.4 Å². The molecule has 0 aliphatic carbocycles. The summed E-state index contributed by atoms with van der Waals surface area (Å²) in [6.07, 6.45) is 0.666. The number of aryl methyl sites for hydroxylation is 2. The number of piperazine rings is 1. The third-order valence-electron chi connectivity index (χ3n) is 6.34. The van der Waals surface area contributed by atoms with Gasteiger partial charge in [-0.15, -0.1) is 0 Å². The van der Waals surface area contributed by atoms with Gasteiger partial charge in [0.2, 0.25) is 0 Å².